The van der Waals surface area contributed by atoms with Crippen LogP contribution in [0.1, 0.15) is 18.5 Å². The Kier molecular flexibility index (Phi) is 2.47. The molecule has 2 rings (SSSR count). The Balaban J connectivity index is 2.08. The molecule has 0 aliphatic heterocycles. The average molecular weight is 241 g/mol. The number of rotatable bonds is 3. The number of nitrogens with two attached hydrogens (primary N) is 1. The maximum absolute atomic E-state index is 11.8. The maximum Gasteiger partial charge on any atom is 0.239 e. The van der Waals surface area contributed by atoms with E-state index in [-0.39, 0.29) is 10.9 Å². The van der Waals surface area contributed by atoms with Gasteiger partial charge in [0.2, 0.25) is 5.91 Å². The number of carbonyl (C=O) groups excluding carboxylic acids is 1. The molecule has 80 valence electrons. The minimum atomic E-state index is -0.602. The quantitative estimate of drug-likeness (QED) is 0.786. The van der Waals surface area contributed by atoms with E-state index in [1.54, 1.807) is 0 Å². The molecule has 1 fully saturated rings. The number of anilines is 1. The monoisotopic (exact) mass is 241 g/mol. The van der Waals surface area contributed by atoms with Crippen LogP contribution in [0.15, 0.2) is 5.38 Å². The summed E-state index contributed by atoms with van der Waals surface area (Å²) in [6.45, 7) is 1.88. The summed E-state index contributed by atoms with van der Waals surface area (Å²) in [5.74, 6) is -0.121. The van der Waals surface area contributed by atoms with Crippen molar-refractivity contribution in [1.29, 1.82) is 0 Å². The van der Waals surface area contributed by atoms with Crippen molar-refractivity contribution in [3.63, 3.8) is 0 Å². The van der Waals surface area contributed by atoms with Gasteiger partial charge in [-0.25, -0.2) is 4.98 Å². The smallest absolute Gasteiger partial charge is 0.239 e. The lowest BCUT2D eigenvalue weighted by Gasteiger charge is -2.11. The van der Waals surface area contributed by atoms with Gasteiger partial charge in [0.15, 0.2) is 5.13 Å². The molecule has 0 bridgehead atoms. The van der Waals surface area contributed by atoms with E-state index in [2.05, 4.69) is 10.3 Å². The minimum Gasteiger partial charge on any atom is -0.392 e. The van der Waals surface area contributed by atoms with Gasteiger partial charge < -0.3 is 11.1 Å². The number of carbonyl (C=O) groups is 1. The molecule has 0 radical (unpaired) electrons. The zero-order valence-electron chi connectivity index (χ0n) is 8.24. The van der Waals surface area contributed by atoms with E-state index >= 15 is 0 Å². The van der Waals surface area contributed by atoms with Crippen molar-refractivity contribution >= 4 is 39.6 Å². The summed E-state index contributed by atoms with van der Waals surface area (Å²) < 4.78 is 0. The zero-order chi connectivity index (χ0) is 11.1. The van der Waals surface area contributed by atoms with E-state index < -0.39 is 5.41 Å². The molecule has 1 aromatic rings. The highest BCUT2D eigenvalue weighted by molar-refractivity contribution is 7.80. The van der Waals surface area contributed by atoms with Gasteiger partial charge in [-0.3, -0.25) is 4.79 Å². The third kappa shape index (κ3) is 1.87. The molecule has 0 spiro atoms. The van der Waals surface area contributed by atoms with Crippen LogP contribution < -0.4 is 11.1 Å². The second-order valence-electron chi connectivity index (χ2n) is 3.69. The number of amides is 1. The molecule has 15 heavy (non-hydrogen) atoms. The van der Waals surface area contributed by atoms with Crippen molar-refractivity contribution in [2.45, 2.75) is 19.8 Å². The molecule has 6 heteroatoms. The summed E-state index contributed by atoms with van der Waals surface area (Å²) in [6.07, 6.45) is 1.50. The summed E-state index contributed by atoms with van der Waals surface area (Å²) >= 11 is 6.30. The number of hydrogen-bond donors (Lipinski definition) is 2. The Hall–Kier alpha value is -1.01. The van der Waals surface area contributed by atoms with E-state index in [1.807, 2.05) is 12.3 Å². The summed E-state index contributed by atoms with van der Waals surface area (Å²) in [6, 6.07) is 0. The number of aryl methyl sites for hydroxylation is 1. The molecule has 0 unspecified atom stereocenters. The summed E-state index contributed by atoms with van der Waals surface area (Å²) in [5.41, 5.74) is 5.84. The highest BCUT2D eigenvalue weighted by Gasteiger charge is 2.52. The van der Waals surface area contributed by atoms with Crippen molar-refractivity contribution in [2.75, 3.05) is 5.32 Å². The fraction of sp³-hybridized carbons (Fsp3) is 0.444. The fourth-order valence-electron chi connectivity index (χ4n) is 1.34. The zero-order valence-corrected chi connectivity index (χ0v) is 9.87. The van der Waals surface area contributed by atoms with E-state index in [4.69, 9.17) is 18.0 Å². The molecular formula is C9H11N3OS2. The topological polar surface area (TPSA) is 68.0 Å². The standard InChI is InChI=1S/C9H11N3OS2/c1-5-4-15-8(11-5)12-7(13)9(2-3-9)6(10)14/h4H,2-3H2,1H3,(H2,10,14)(H,11,12,13). The molecule has 1 aliphatic rings. The van der Waals surface area contributed by atoms with E-state index in [1.165, 1.54) is 11.3 Å². The summed E-state index contributed by atoms with van der Waals surface area (Å²) in [4.78, 5) is 16.3. The van der Waals surface area contributed by atoms with Gasteiger partial charge in [-0.15, -0.1) is 11.3 Å². The number of nitrogens with one attached hydrogen (secondary N) is 1. The molecular weight excluding hydrogens is 230 g/mol. The molecule has 4 nitrogen and oxygen atoms in total. The molecule has 0 atom stereocenters. The van der Waals surface area contributed by atoms with Crippen LogP contribution in [0.5, 0.6) is 0 Å². The Bertz CT molecular complexity index is 423. The van der Waals surface area contributed by atoms with Crippen LogP contribution in [-0.4, -0.2) is 15.9 Å². The van der Waals surface area contributed by atoms with E-state index in [0.717, 1.165) is 18.5 Å². The van der Waals surface area contributed by atoms with Crippen LogP contribution in [0, 0.1) is 12.3 Å². The summed E-state index contributed by atoms with van der Waals surface area (Å²) in [7, 11) is 0. The first-order valence-corrected chi connectivity index (χ1v) is 5.87. The van der Waals surface area contributed by atoms with Crippen molar-refractivity contribution in [3.8, 4) is 0 Å². The molecule has 1 aliphatic carbocycles. The normalized spacial score (nSPS) is 17.1. The van der Waals surface area contributed by atoms with Crippen LogP contribution in [0.25, 0.3) is 0 Å². The first-order valence-electron chi connectivity index (χ1n) is 4.58. The van der Waals surface area contributed by atoms with Crippen molar-refractivity contribution < 1.29 is 4.79 Å². The molecule has 1 heterocycles. The van der Waals surface area contributed by atoms with Crippen molar-refractivity contribution in [1.82, 2.24) is 4.98 Å². The van der Waals surface area contributed by atoms with Crippen molar-refractivity contribution in [3.05, 3.63) is 11.1 Å². The van der Waals surface area contributed by atoms with Gasteiger partial charge in [-0.2, -0.15) is 0 Å². The minimum absolute atomic E-state index is 0.121. The van der Waals surface area contributed by atoms with Crippen LogP contribution in [0.4, 0.5) is 5.13 Å². The molecule has 1 amide bonds. The van der Waals surface area contributed by atoms with Gasteiger partial charge in [0.25, 0.3) is 0 Å². The average Bonchev–Trinajstić information content (AvgIpc) is 2.88. The molecule has 3 N–H and O–H groups in total. The second-order valence-corrected chi connectivity index (χ2v) is 4.99. The van der Waals surface area contributed by atoms with Crippen LogP contribution in [-0.2, 0) is 4.79 Å². The Morgan fingerprint density at radius 1 is 1.73 bits per heavy atom. The first-order chi connectivity index (χ1) is 7.04. The molecule has 1 aromatic heterocycles. The summed E-state index contributed by atoms with van der Waals surface area (Å²) in [5, 5.41) is 5.24. The number of hydrogen-bond acceptors (Lipinski definition) is 4. The van der Waals surface area contributed by atoms with Gasteiger partial charge in [0, 0.05) is 5.38 Å². The van der Waals surface area contributed by atoms with Crippen LogP contribution >= 0.6 is 23.6 Å². The largest absolute Gasteiger partial charge is 0.392 e. The van der Waals surface area contributed by atoms with Gasteiger partial charge >= 0.3 is 0 Å². The third-order valence-corrected chi connectivity index (χ3v) is 3.76. The lowest BCUT2D eigenvalue weighted by atomic mass is 10.1. The second kappa shape index (κ2) is 3.53. The number of aromatic nitrogens is 1. The number of thiocarbonyl (C=S) groups is 1. The highest BCUT2D eigenvalue weighted by Crippen LogP contribution is 2.46. The van der Waals surface area contributed by atoms with Crippen molar-refractivity contribution in [2.24, 2.45) is 11.1 Å². The Morgan fingerprint density at radius 3 is 2.80 bits per heavy atom. The van der Waals surface area contributed by atoms with Gasteiger partial charge in [-0.05, 0) is 19.8 Å². The first kappa shape index (κ1) is 10.5. The fourth-order valence-corrected chi connectivity index (χ4v) is 2.32. The van der Waals surface area contributed by atoms with Crippen LogP contribution in [0.3, 0.4) is 0 Å². The highest BCUT2D eigenvalue weighted by atomic mass is 32.1. The van der Waals surface area contributed by atoms with E-state index in [0.29, 0.717) is 5.13 Å². The van der Waals surface area contributed by atoms with E-state index in [9.17, 15) is 4.79 Å². The molecule has 0 aromatic carbocycles. The number of thiazole rings is 1. The SMILES string of the molecule is Cc1csc(NC(=O)C2(C(N)=S)CC2)n1. The Labute approximate surface area is 96.9 Å². The van der Waals surface area contributed by atoms with Crippen LogP contribution in [0.2, 0.25) is 0 Å². The Morgan fingerprint density at radius 2 is 2.40 bits per heavy atom. The third-order valence-electron chi connectivity index (χ3n) is 2.50. The van der Waals surface area contributed by atoms with Gasteiger partial charge in [0.05, 0.1) is 16.1 Å². The number of nitrogens with zero attached hydrogens (tertiary/aromatic N) is 1. The maximum atomic E-state index is 11.8. The van der Waals surface area contributed by atoms with Gasteiger partial charge in [-0.1, -0.05) is 12.2 Å². The van der Waals surface area contributed by atoms with Gasteiger partial charge in [0.1, 0.15) is 0 Å². The predicted molar refractivity (Wildman–Crippen MR) is 63.9 cm³/mol. The lowest BCUT2D eigenvalue weighted by Crippen LogP contribution is -2.34. The molecule has 0 saturated heterocycles. The molecule has 1 saturated carbocycles. The lowest BCUT2D eigenvalue weighted by molar-refractivity contribution is -0.118. The predicted octanol–water partition coefficient (Wildman–Crippen LogP) is 1.46.